The van der Waals surface area contributed by atoms with Gasteiger partial charge in [-0.25, -0.2) is 4.79 Å². The molecular formula is C16H21NO6S. The minimum Gasteiger partial charge on any atom is -0.507 e. The number of methoxy groups -OCH3 is 1. The van der Waals surface area contributed by atoms with Crippen LogP contribution in [0, 0.1) is 0 Å². The van der Waals surface area contributed by atoms with E-state index in [4.69, 9.17) is 14.2 Å². The van der Waals surface area contributed by atoms with Crippen LogP contribution in [0.3, 0.4) is 0 Å². The third kappa shape index (κ3) is 4.62. The van der Waals surface area contributed by atoms with Crippen molar-refractivity contribution in [2.45, 2.75) is 12.5 Å². The molecule has 0 saturated heterocycles. The van der Waals surface area contributed by atoms with Gasteiger partial charge in [0.1, 0.15) is 23.1 Å². The number of carbonyl (C=O) groups is 1. The number of aliphatic carboxylic acids is 1. The zero-order chi connectivity index (χ0) is 17.6. The number of carboxylic acids is 1. The molecule has 1 heterocycles. The van der Waals surface area contributed by atoms with Crippen LogP contribution in [0.2, 0.25) is 0 Å². The average molecular weight is 355 g/mol. The van der Waals surface area contributed by atoms with E-state index in [1.54, 1.807) is 26.2 Å². The fourth-order valence-electron chi connectivity index (χ4n) is 1.98. The number of ether oxygens (including phenoxy) is 3. The van der Waals surface area contributed by atoms with E-state index < -0.39 is 11.5 Å². The lowest BCUT2D eigenvalue weighted by molar-refractivity contribution is -0.141. The van der Waals surface area contributed by atoms with Crippen molar-refractivity contribution in [3.05, 3.63) is 23.8 Å². The highest BCUT2D eigenvalue weighted by Gasteiger charge is 2.39. The van der Waals surface area contributed by atoms with Gasteiger partial charge in [0.15, 0.2) is 5.54 Å². The summed E-state index contributed by atoms with van der Waals surface area (Å²) in [5, 5.41) is 19.8. The summed E-state index contributed by atoms with van der Waals surface area (Å²) in [6, 6.07) is 4.81. The Morgan fingerprint density at radius 1 is 1.33 bits per heavy atom. The molecule has 0 saturated carbocycles. The molecule has 8 heteroatoms. The normalized spacial score (nSPS) is 20.0. The molecule has 7 nitrogen and oxygen atoms in total. The van der Waals surface area contributed by atoms with Crippen LogP contribution in [0.25, 0.3) is 0 Å². The molecule has 2 rings (SSSR count). The number of nitrogens with zero attached hydrogens (tertiary/aromatic N) is 1. The highest BCUT2D eigenvalue weighted by molar-refractivity contribution is 8.14. The van der Waals surface area contributed by atoms with Crippen LogP contribution in [0.5, 0.6) is 11.5 Å². The molecule has 1 aromatic carbocycles. The maximum atomic E-state index is 11.3. The molecule has 1 aliphatic rings. The minimum absolute atomic E-state index is 0.0413. The SMILES string of the molecule is COCCOCCOc1ccc(O)c(C2=NC(C)(C(=O)O)CS2)c1. The van der Waals surface area contributed by atoms with Crippen LogP contribution in [-0.2, 0) is 14.3 Å². The largest absolute Gasteiger partial charge is 0.507 e. The molecule has 0 aliphatic carbocycles. The van der Waals surface area contributed by atoms with Crippen molar-refractivity contribution in [3.8, 4) is 11.5 Å². The second-order valence-electron chi connectivity index (χ2n) is 5.42. The number of rotatable bonds is 9. The number of hydrogen-bond donors (Lipinski definition) is 2. The number of phenols is 1. The molecular weight excluding hydrogens is 334 g/mol. The summed E-state index contributed by atoms with van der Waals surface area (Å²) in [7, 11) is 1.61. The summed E-state index contributed by atoms with van der Waals surface area (Å²) in [5.74, 6) is -0.0507. The molecule has 1 aliphatic heterocycles. The monoisotopic (exact) mass is 355 g/mol. The van der Waals surface area contributed by atoms with E-state index in [9.17, 15) is 15.0 Å². The van der Waals surface area contributed by atoms with Crippen LogP contribution in [0.1, 0.15) is 12.5 Å². The maximum absolute atomic E-state index is 11.3. The first-order chi connectivity index (χ1) is 11.5. The summed E-state index contributed by atoms with van der Waals surface area (Å²) in [6.45, 7) is 3.38. The minimum atomic E-state index is -1.17. The molecule has 24 heavy (non-hydrogen) atoms. The first kappa shape index (κ1) is 18.6. The third-order valence-corrected chi connectivity index (χ3v) is 4.72. The standard InChI is InChI=1S/C16H21NO6S/c1-16(15(19)20)10-24-14(17-16)12-9-11(3-4-13(12)18)23-8-7-22-6-5-21-2/h3-4,9,18H,5-8,10H2,1-2H3,(H,19,20). The zero-order valence-corrected chi connectivity index (χ0v) is 14.5. The van der Waals surface area contributed by atoms with Gasteiger partial charge in [-0.1, -0.05) is 0 Å². The fourth-order valence-corrected chi connectivity index (χ4v) is 3.17. The molecule has 0 aromatic heterocycles. The molecule has 0 radical (unpaired) electrons. The van der Waals surface area contributed by atoms with Crippen molar-refractivity contribution in [1.29, 1.82) is 0 Å². The summed E-state index contributed by atoms with van der Waals surface area (Å²) in [5.41, 5.74) is -0.693. The number of phenolic OH excluding ortho intramolecular Hbond substituents is 1. The Bertz CT molecular complexity index is 621. The smallest absolute Gasteiger partial charge is 0.332 e. The van der Waals surface area contributed by atoms with E-state index in [0.717, 1.165) is 0 Å². The first-order valence-electron chi connectivity index (χ1n) is 7.45. The van der Waals surface area contributed by atoms with Gasteiger partial charge in [-0.05, 0) is 25.1 Å². The molecule has 0 spiro atoms. The van der Waals surface area contributed by atoms with Gasteiger partial charge in [0.05, 0.1) is 25.4 Å². The molecule has 2 N–H and O–H groups in total. The van der Waals surface area contributed by atoms with E-state index >= 15 is 0 Å². The van der Waals surface area contributed by atoms with E-state index in [1.165, 1.54) is 17.8 Å². The third-order valence-electron chi connectivity index (χ3n) is 3.43. The van der Waals surface area contributed by atoms with Crippen LogP contribution >= 0.6 is 11.8 Å². The number of hydrogen-bond acceptors (Lipinski definition) is 7. The Morgan fingerprint density at radius 2 is 2.08 bits per heavy atom. The molecule has 1 atom stereocenters. The van der Waals surface area contributed by atoms with Crippen LogP contribution in [-0.4, -0.2) is 66.1 Å². The van der Waals surface area contributed by atoms with Crippen LogP contribution in [0.15, 0.2) is 23.2 Å². The van der Waals surface area contributed by atoms with Gasteiger partial charge in [-0.3, -0.25) is 4.99 Å². The Balaban J connectivity index is 2.00. The van der Waals surface area contributed by atoms with Crippen molar-refractivity contribution < 1.29 is 29.2 Å². The van der Waals surface area contributed by atoms with Gasteiger partial charge < -0.3 is 24.4 Å². The first-order valence-corrected chi connectivity index (χ1v) is 8.44. The second kappa shape index (κ2) is 8.36. The Kier molecular flexibility index (Phi) is 6.47. The quantitative estimate of drug-likeness (QED) is 0.652. The van der Waals surface area contributed by atoms with Crippen molar-refractivity contribution >= 4 is 22.8 Å². The number of aromatic hydroxyl groups is 1. The van der Waals surface area contributed by atoms with E-state index in [1.807, 2.05) is 0 Å². The highest BCUT2D eigenvalue weighted by Crippen LogP contribution is 2.35. The lowest BCUT2D eigenvalue weighted by atomic mass is 10.1. The molecule has 1 unspecified atom stereocenters. The van der Waals surface area contributed by atoms with Crippen LogP contribution < -0.4 is 4.74 Å². The molecule has 0 bridgehead atoms. The van der Waals surface area contributed by atoms with Crippen molar-refractivity contribution in [2.24, 2.45) is 4.99 Å². The number of carboxylic acid groups (broad SMARTS) is 1. The van der Waals surface area contributed by atoms with Gasteiger partial charge >= 0.3 is 5.97 Å². The average Bonchev–Trinajstić information content (AvgIpc) is 2.96. The number of benzene rings is 1. The van der Waals surface area contributed by atoms with Crippen molar-refractivity contribution in [3.63, 3.8) is 0 Å². The van der Waals surface area contributed by atoms with Gasteiger partial charge in [0.2, 0.25) is 0 Å². The fraction of sp³-hybridized carbons (Fsp3) is 0.500. The molecule has 0 amide bonds. The Morgan fingerprint density at radius 3 is 2.75 bits per heavy atom. The maximum Gasteiger partial charge on any atom is 0.332 e. The summed E-state index contributed by atoms with van der Waals surface area (Å²) < 4.78 is 15.8. The van der Waals surface area contributed by atoms with Crippen LogP contribution in [0.4, 0.5) is 0 Å². The molecule has 0 fully saturated rings. The topological polar surface area (TPSA) is 97.6 Å². The number of aliphatic imine (C=N–C) groups is 1. The van der Waals surface area contributed by atoms with Crippen molar-refractivity contribution in [2.75, 3.05) is 39.3 Å². The van der Waals surface area contributed by atoms with Gasteiger partial charge in [0, 0.05) is 12.9 Å². The summed E-state index contributed by atoms with van der Waals surface area (Å²) in [6.07, 6.45) is 0. The zero-order valence-electron chi connectivity index (χ0n) is 13.7. The van der Waals surface area contributed by atoms with Gasteiger partial charge in [-0.15, -0.1) is 11.8 Å². The summed E-state index contributed by atoms with van der Waals surface area (Å²) in [4.78, 5) is 15.5. The highest BCUT2D eigenvalue weighted by atomic mass is 32.2. The van der Waals surface area contributed by atoms with E-state index in [0.29, 0.717) is 48.5 Å². The Labute approximate surface area is 144 Å². The predicted octanol–water partition coefficient (Wildman–Crippen LogP) is 1.77. The predicted molar refractivity (Wildman–Crippen MR) is 91.3 cm³/mol. The lowest BCUT2D eigenvalue weighted by Gasteiger charge is -2.12. The van der Waals surface area contributed by atoms with Gasteiger partial charge in [-0.2, -0.15) is 0 Å². The molecule has 132 valence electrons. The summed E-state index contributed by atoms with van der Waals surface area (Å²) >= 11 is 1.31. The second-order valence-corrected chi connectivity index (χ2v) is 6.38. The van der Waals surface area contributed by atoms with Gasteiger partial charge in [0.25, 0.3) is 0 Å². The molecule has 1 aromatic rings. The lowest BCUT2D eigenvalue weighted by Crippen LogP contribution is -2.33. The van der Waals surface area contributed by atoms with Crippen molar-refractivity contribution in [1.82, 2.24) is 0 Å². The Hall–Kier alpha value is -1.77. The van der Waals surface area contributed by atoms with E-state index in [2.05, 4.69) is 4.99 Å². The van der Waals surface area contributed by atoms with E-state index in [-0.39, 0.29) is 5.75 Å². The number of thioether (sulfide) groups is 1.